The molecule has 0 aromatic carbocycles. The van der Waals surface area contributed by atoms with Crippen LogP contribution in [-0.4, -0.2) is 59.8 Å². The minimum absolute atomic E-state index is 0.548. The molecule has 0 radical (unpaired) electrons. The molecule has 0 aliphatic carbocycles. The number of rotatable bonds is 8. The molecule has 24 heavy (non-hydrogen) atoms. The molecule has 136 valence electrons. The summed E-state index contributed by atoms with van der Waals surface area (Å²) < 4.78 is 0. The predicted octanol–water partition coefficient (Wildman–Crippen LogP) is 2.08. The van der Waals surface area contributed by atoms with Crippen molar-refractivity contribution in [1.82, 2.24) is 25.7 Å². The molecule has 1 aromatic rings. The Morgan fingerprint density at radius 1 is 1.38 bits per heavy atom. The number of nitrogens with zero attached hydrogens (tertiary/aromatic N) is 3. The van der Waals surface area contributed by atoms with E-state index in [1.807, 2.05) is 6.20 Å². The zero-order valence-electron chi connectivity index (χ0n) is 15.6. The molecule has 0 amide bonds. The molecule has 3 N–H and O–H groups in total. The number of likely N-dealkylation sites (tertiary alicyclic amines) is 1. The Bertz CT molecular complexity index is 487. The fourth-order valence-electron chi connectivity index (χ4n) is 3.22. The van der Waals surface area contributed by atoms with Crippen molar-refractivity contribution in [3.05, 3.63) is 17.5 Å². The molecule has 6 nitrogen and oxygen atoms in total. The first-order valence-electron chi connectivity index (χ1n) is 9.49. The summed E-state index contributed by atoms with van der Waals surface area (Å²) in [6.07, 6.45) is 7.66. The van der Waals surface area contributed by atoms with Gasteiger partial charge in [0.15, 0.2) is 5.96 Å². The predicted molar refractivity (Wildman–Crippen MR) is 101 cm³/mol. The van der Waals surface area contributed by atoms with E-state index in [-0.39, 0.29) is 0 Å². The summed E-state index contributed by atoms with van der Waals surface area (Å²) in [5, 5.41) is 14.1. The molecule has 0 saturated carbocycles. The van der Waals surface area contributed by atoms with Gasteiger partial charge < -0.3 is 15.5 Å². The number of H-pyrrole nitrogens is 1. The molecule has 6 heteroatoms. The molecule has 1 aromatic heterocycles. The van der Waals surface area contributed by atoms with Crippen LogP contribution in [0.4, 0.5) is 0 Å². The van der Waals surface area contributed by atoms with Crippen LogP contribution in [0, 0.1) is 6.92 Å². The third-order valence-electron chi connectivity index (χ3n) is 4.62. The molecule has 2 heterocycles. The summed E-state index contributed by atoms with van der Waals surface area (Å²) in [5.74, 6) is 0.968. The largest absolute Gasteiger partial charge is 0.357 e. The highest BCUT2D eigenvalue weighted by molar-refractivity contribution is 5.80. The highest BCUT2D eigenvalue weighted by Gasteiger charge is 2.19. The van der Waals surface area contributed by atoms with Gasteiger partial charge in [-0.1, -0.05) is 6.92 Å². The van der Waals surface area contributed by atoms with Crippen LogP contribution in [-0.2, 0) is 6.42 Å². The number of nitrogens with one attached hydrogen (secondary N) is 3. The number of guanidine groups is 1. The van der Waals surface area contributed by atoms with E-state index in [9.17, 15) is 0 Å². The smallest absolute Gasteiger partial charge is 0.191 e. The van der Waals surface area contributed by atoms with Gasteiger partial charge in [-0.25, -0.2) is 0 Å². The molecule has 1 fully saturated rings. The van der Waals surface area contributed by atoms with Crippen molar-refractivity contribution >= 4 is 5.96 Å². The number of aromatic amines is 1. The lowest BCUT2D eigenvalue weighted by Crippen LogP contribution is -2.48. The average molecular weight is 335 g/mol. The van der Waals surface area contributed by atoms with Gasteiger partial charge in [-0.3, -0.25) is 10.1 Å². The fourth-order valence-corrected chi connectivity index (χ4v) is 3.22. The molecular weight excluding hydrogens is 300 g/mol. The standard InChI is InChI=1S/C18H34N6/c1-4-11-24-12-8-17(9-13-24)22-18(19-5-2)20-10-6-7-16-14-21-23-15(16)3/h14,17H,4-13H2,1-3H3,(H,21,23)(H2,19,20,22). The van der Waals surface area contributed by atoms with Crippen LogP contribution in [0.2, 0.25) is 0 Å². The van der Waals surface area contributed by atoms with Crippen molar-refractivity contribution in [2.24, 2.45) is 4.99 Å². The minimum Gasteiger partial charge on any atom is -0.357 e. The Hall–Kier alpha value is -1.56. The first-order chi connectivity index (χ1) is 11.7. The summed E-state index contributed by atoms with van der Waals surface area (Å²) in [7, 11) is 0. The third-order valence-corrected chi connectivity index (χ3v) is 4.62. The Balaban J connectivity index is 1.73. The second kappa shape index (κ2) is 10.3. The van der Waals surface area contributed by atoms with E-state index in [0.717, 1.165) is 31.9 Å². The summed E-state index contributed by atoms with van der Waals surface area (Å²) in [4.78, 5) is 7.31. The molecule has 0 unspecified atom stereocenters. The van der Waals surface area contributed by atoms with Crippen LogP contribution in [0.1, 0.15) is 50.8 Å². The maximum Gasteiger partial charge on any atom is 0.191 e. The molecule has 0 spiro atoms. The van der Waals surface area contributed by atoms with E-state index in [1.165, 1.54) is 50.2 Å². The first kappa shape index (κ1) is 18.8. The number of aryl methyl sites for hydroxylation is 2. The molecule has 1 saturated heterocycles. The fraction of sp³-hybridized carbons (Fsp3) is 0.778. The van der Waals surface area contributed by atoms with E-state index < -0.39 is 0 Å². The molecule has 1 aliphatic rings. The topological polar surface area (TPSA) is 68.3 Å². The van der Waals surface area contributed by atoms with E-state index in [2.05, 4.69) is 46.5 Å². The van der Waals surface area contributed by atoms with Crippen molar-refractivity contribution in [2.45, 2.75) is 58.9 Å². The lowest BCUT2D eigenvalue weighted by molar-refractivity contribution is 0.206. The summed E-state index contributed by atoms with van der Waals surface area (Å²) in [6, 6.07) is 0.548. The summed E-state index contributed by atoms with van der Waals surface area (Å²) in [6.45, 7) is 11.8. The molecule has 1 aliphatic heterocycles. The Kier molecular flexibility index (Phi) is 8.08. The van der Waals surface area contributed by atoms with Gasteiger partial charge in [-0.15, -0.1) is 0 Å². The monoisotopic (exact) mass is 334 g/mol. The molecule has 0 bridgehead atoms. The zero-order chi connectivity index (χ0) is 17.2. The first-order valence-corrected chi connectivity index (χ1v) is 9.49. The minimum atomic E-state index is 0.548. The van der Waals surface area contributed by atoms with Crippen molar-refractivity contribution in [2.75, 3.05) is 32.7 Å². The lowest BCUT2D eigenvalue weighted by Gasteiger charge is -2.32. The van der Waals surface area contributed by atoms with Crippen LogP contribution < -0.4 is 10.6 Å². The van der Waals surface area contributed by atoms with E-state index in [0.29, 0.717) is 6.04 Å². The highest BCUT2D eigenvalue weighted by atomic mass is 15.2. The van der Waals surface area contributed by atoms with Crippen LogP contribution in [0.5, 0.6) is 0 Å². The van der Waals surface area contributed by atoms with E-state index in [1.54, 1.807) is 0 Å². The maximum absolute atomic E-state index is 4.74. The van der Waals surface area contributed by atoms with Crippen LogP contribution in [0.25, 0.3) is 0 Å². The Morgan fingerprint density at radius 2 is 2.17 bits per heavy atom. The zero-order valence-corrected chi connectivity index (χ0v) is 15.6. The normalized spacial score (nSPS) is 17.2. The lowest BCUT2D eigenvalue weighted by atomic mass is 10.1. The van der Waals surface area contributed by atoms with E-state index >= 15 is 0 Å². The van der Waals surface area contributed by atoms with Gasteiger partial charge in [0.1, 0.15) is 0 Å². The Morgan fingerprint density at radius 3 is 2.79 bits per heavy atom. The molecular formula is C18H34N6. The van der Waals surface area contributed by atoms with Gasteiger partial charge >= 0.3 is 0 Å². The van der Waals surface area contributed by atoms with Crippen molar-refractivity contribution < 1.29 is 0 Å². The second-order valence-electron chi connectivity index (χ2n) is 6.64. The molecule has 0 atom stereocenters. The van der Waals surface area contributed by atoms with Crippen LogP contribution in [0.3, 0.4) is 0 Å². The van der Waals surface area contributed by atoms with Crippen LogP contribution >= 0.6 is 0 Å². The Labute approximate surface area is 146 Å². The third kappa shape index (κ3) is 6.15. The van der Waals surface area contributed by atoms with E-state index in [4.69, 9.17) is 4.99 Å². The summed E-state index contributed by atoms with van der Waals surface area (Å²) in [5.41, 5.74) is 2.47. The van der Waals surface area contributed by atoms with Gasteiger partial charge in [0.05, 0.1) is 6.20 Å². The number of aromatic nitrogens is 2. The van der Waals surface area contributed by atoms with Gasteiger partial charge in [-0.05, 0) is 58.1 Å². The maximum atomic E-state index is 4.74. The van der Waals surface area contributed by atoms with Gasteiger partial charge in [-0.2, -0.15) is 5.10 Å². The van der Waals surface area contributed by atoms with Crippen molar-refractivity contribution in [3.8, 4) is 0 Å². The number of aliphatic imine (C=N–C) groups is 1. The number of piperidine rings is 1. The highest BCUT2D eigenvalue weighted by Crippen LogP contribution is 2.10. The SMILES string of the molecule is CCCN1CCC(NC(=NCCCc2cn[nH]c2C)NCC)CC1. The van der Waals surface area contributed by atoms with Gasteiger partial charge in [0.25, 0.3) is 0 Å². The average Bonchev–Trinajstić information content (AvgIpc) is 2.99. The van der Waals surface area contributed by atoms with Crippen LogP contribution in [0.15, 0.2) is 11.2 Å². The van der Waals surface area contributed by atoms with Crippen molar-refractivity contribution in [3.63, 3.8) is 0 Å². The van der Waals surface area contributed by atoms with Crippen molar-refractivity contribution in [1.29, 1.82) is 0 Å². The summed E-state index contributed by atoms with van der Waals surface area (Å²) >= 11 is 0. The van der Waals surface area contributed by atoms with Gasteiger partial charge in [0, 0.05) is 37.9 Å². The number of hydrogen-bond donors (Lipinski definition) is 3. The van der Waals surface area contributed by atoms with Gasteiger partial charge in [0.2, 0.25) is 0 Å². The quantitative estimate of drug-likeness (QED) is 0.387. The molecule has 2 rings (SSSR count). The number of hydrogen-bond acceptors (Lipinski definition) is 3. The second-order valence-corrected chi connectivity index (χ2v) is 6.64.